The highest BCUT2D eigenvalue weighted by Crippen LogP contribution is 2.41. The lowest BCUT2D eigenvalue weighted by atomic mass is 9.96. The molecule has 0 aliphatic carbocycles. The van der Waals surface area contributed by atoms with Crippen molar-refractivity contribution >= 4 is 66.8 Å². The maximum Gasteiger partial charge on any atom is 0.227 e. The van der Waals surface area contributed by atoms with Crippen molar-refractivity contribution in [2.45, 2.75) is 0 Å². The predicted molar refractivity (Wildman–Crippen MR) is 255 cm³/mol. The van der Waals surface area contributed by atoms with Gasteiger partial charge in [-0.05, 0) is 124 Å². The molecule has 0 aliphatic heterocycles. The van der Waals surface area contributed by atoms with Crippen LogP contribution in [-0.2, 0) is 0 Å². The fourth-order valence-electron chi connectivity index (χ4n) is 8.49. The van der Waals surface area contributed by atoms with Crippen molar-refractivity contribution in [3.05, 3.63) is 237 Å². The van der Waals surface area contributed by atoms with Crippen LogP contribution in [0.1, 0.15) is 0 Å². The number of anilines is 6. The van der Waals surface area contributed by atoms with Crippen LogP contribution < -0.4 is 9.80 Å². The molecule has 61 heavy (non-hydrogen) atoms. The number of para-hydroxylation sites is 3. The van der Waals surface area contributed by atoms with Crippen LogP contribution in [-0.4, -0.2) is 4.98 Å². The Labute approximate surface area is 354 Å². The van der Waals surface area contributed by atoms with E-state index in [0.717, 1.165) is 83.5 Å². The van der Waals surface area contributed by atoms with Crippen molar-refractivity contribution in [2.24, 2.45) is 0 Å². The maximum atomic E-state index is 6.69. The molecule has 11 rings (SSSR count). The summed E-state index contributed by atoms with van der Waals surface area (Å²) < 4.78 is 6.69. The molecule has 4 nitrogen and oxygen atoms in total. The first-order chi connectivity index (χ1) is 30.2. The molecule has 0 radical (unpaired) electrons. The van der Waals surface area contributed by atoms with Crippen LogP contribution in [0.25, 0.3) is 66.4 Å². The van der Waals surface area contributed by atoms with Gasteiger partial charge in [-0.25, -0.2) is 4.98 Å². The van der Waals surface area contributed by atoms with E-state index >= 15 is 0 Å². The van der Waals surface area contributed by atoms with Gasteiger partial charge in [-0.2, -0.15) is 0 Å². The summed E-state index contributed by atoms with van der Waals surface area (Å²) in [4.78, 5) is 9.76. The third-order valence-corrected chi connectivity index (χ3v) is 11.5. The van der Waals surface area contributed by atoms with Gasteiger partial charge in [-0.3, -0.25) is 0 Å². The summed E-state index contributed by atoms with van der Waals surface area (Å²) in [6, 6.07) is 83.3. The fourth-order valence-corrected chi connectivity index (χ4v) is 8.49. The normalized spacial score (nSPS) is 11.3. The minimum Gasteiger partial charge on any atom is -0.435 e. The zero-order valence-electron chi connectivity index (χ0n) is 33.3. The molecule has 0 unspecified atom stereocenters. The molecule has 0 aliphatic rings. The number of benzene rings is 10. The number of fused-ring (bicyclic) bond motifs is 6. The predicted octanol–water partition coefficient (Wildman–Crippen LogP) is 16.1. The van der Waals surface area contributed by atoms with E-state index in [1.807, 2.05) is 6.07 Å². The monoisotopic (exact) mass is 781 g/mol. The maximum absolute atomic E-state index is 6.69. The lowest BCUT2D eigenvalue weighted by molar-refractivity contribution is 0.623. The lowest BCUT2D eigenvalue weighted by Crippen LogP contribution is -2.09. The minimum absolute atomic E-state index is 0.596. The topological polar surface area (TPSA) is 32.5 Å². The van der Waals surface area contributed by atoms with Crippen LogP contribution in [0.15, 0.2) is 241 Å². The molecule has 0 saturated carbocycles. The number of rotatable bonds is 9. The molecule has 288 valence electrons. The van der Waals surface area contributed by atoms with Crippen LogP contribution >= 0.6 is 0 Å². The van der Waals surface area contributed by atoms with E-state index < -0.39 is 0 Å². The smallest absolute Gasteiger partial charge is 0.227 e. The van der Waals surface area contributed by atoms with Gasteiger partial charge in [-0.15, -0.1) is 0 Å². The van der Waals surface area contributed by atoms with Gasteiger partial charge >= 0.3 is 0 Å². The van der Waals surface area contributed by atoms with Gasteiger partial charge in [0, 0.05) is 50.5 Å². The number of hydrogen-bond acceptors (Lipinski definition) is 4. The fraction of sp³-hybridized carbons (Fsp3) is 0. The number of aromatic nitrogens is 1. The van der Waals surface area contributed by atoms with Crippen molar-refractivity contribution in [3.8, 4) is 33.7 Å². The van der Waals surface area contributed by atoms with Gasteiger partial charge < -0.3 is 14.2 Å². The summed E-state index contributed by atoms with van der Waals surface area (Å²) in [5.74, 6) is 0.596. The van der Waals surface area contributed by atoms with Gasteiger partial charge in [0.15, 0.2) is 5.58 Å². The molecule has 0 saturated heterocycles. The zero-order valence-corrected chi connectivity index (χ0v) is 33.3. The van der Waals surface area contributed by atoms with E-state index in [1.165, 1.54) is 11.1 Å². The summed E-state index contributed by atoms with van der Waals surface area (Å²) >= 11 is 0. The first-order valence-electron chi connectivity index (χ1n) is 20.6. The van der Waals surface area contributed by atoms with Crippen LogP contribution in [0.5, 0.6) is 0 Å². The Balaban J connectivity index is 0.941. The Morgan fingerprint density at radius 2 is 0.656 bits per heavy atom. The van der Waals surface area contributed by atoms with Gasteiger partial charge in [0.25, 0.3) is 0 Å². The van der Waals surface area contributed by atoms with Gasteiger partial charge in [-0.1, -0.05) is 146 Å². The quantitative estimate of drug-likeness (QED) is 0.137. The lowest BCUT2D eigenvalue weighted by Gasteiger charge is -2.25. The Morgan fingerprint density at radius 1 is 0.279 bits per heavy atom. The molecule has 0 spiro atoms. The van der Waals surface area contributed by atoms with Gasteiger partial charge in [0.1, 0.15) is 5.52 Å². The molecule has 4 heteroatoms. The summed E-state index contributed by atoms with van der Waals surface area (Å²) in [5, 5.41) is 4.39. The van der Waals surface area contributed by atoms with E-state index in [9.17, 15) is 0 Å². The van der Waals surface area contributed by atoms with E-state index in [-0.39, 0.29) is 0 Å². The minimum atomic E-state index is 0.596. The Hall–Kier alpha value is -8.21. The third-order valence-electron chi connectivity index (χ3n) is 11.5. The van der Waals surface area contributed by atoms with E-state index in [2.05, 4.69) is 240 Å². The van der Waals surface area contributed by atoms with Crippen LogP contribution in [0.2, 0.25) is 0 Å². The third kappa shape index (κ3) is 6.76. The summed E-state index contributed by atoms with van der Waals surface area (Å²) in [6.07, 6.45) is 0. The SMILES string of the molecule is c1ccc(-c2ccc(N(c3ccccc3)c3ccc(-c4nc5c6ccc(-c7ccc(N(c8ccccc8)c8ccccc8)cc7)cc6c6ccccc6c5o4)cc3)cc2)cc1. The van der Waals surface area contributed by atoms with Crippen molar-refractivity contribution in [2.75, 3.05) is 9.80 Å². The van der Waals surface area contributed by atoms with Gasteiger partial charge in [0.2, 0.25) is 5.89 Å². The molecular weight excluding hydrogens is 743 g/mol. The van der Waals surface area contributed by atoms with Crippen LogP contribution in [0, 0.1) is 0 Å². The Kier molecular flexibility index (Phi) is 9.14. The molecule has 0 N–H and O–H groups in total. The van der Waals surface area contributed by atoms with Crippen LogP contribution in [0.4, 0.5) is 34.1 Å². The molecule has 1 heterocycles. The van der Waals surface area contributed by atoms with Crippen LogP contribution in [0.3, 0.4) is 0 Å². The van der Waals surface area contributed by atoms with Gasteiger partial charge in [0.05, 0.1) is 0 Å². The molecule has 10 aromatic carbocycles. The van der Waals surface area contributed by atoms with Crippen molar-refractivity contribution < 1.29 is 4.42 Å². The molecule has 0 amide bonds. The average molecular weight is 782 g/mol. The molecular formula is C57H39N3O. The zero-order chi connectivity index (χ0) is 40.5. The largest absolute Gasteiger partial charge is 0.435 e. The highest BCUT2D eigenvalue weighted by atomic mass is 16.3. The van der Waals surface area contributed by atoms with E-state index in [0.29, 0.717) is 5.89 Å². The Morgan fingerprint density at radius 3 is 1.16 bits per heavy atom. The van der Waals surface area contributed by atoms with Crippen molar-refractivity contribution in [3.63, 3.8) is 0 Å². The summed E-state index contributed by atoms with van der Waals surface area (Å²) in [7, 11) is 0. The molecule has 0 bridgehead atoms. The highest BCUT2D eigenvalue weighted by molar-refractivity contribution is 6.23. The summed E-state index contributed by atoms with van der Waals surface area (Å²) in [5.41, 5.74) is 13.8. The second-order valence-electron chi connectivity index (χ2n) is 15.2. The van der Waals surface area contributed by atoms with Crippen molar-refractivity contribution in [1.29, 1.82) is 0 Å². The first-order valence-corrected chi connectivity index (χ1v) is 20.6. The number of oxazole rings is 1. The van der Waals surface area contributed by atoms with E-state index in [4.69, 9.17) is 9.40 Å². The molecule has 1 aromatic heterocycles. The van der Waals surface area contributed by atoms with E-state index in [1.54, 1.807) is 0 Å². The highest BCUT2D eigenvalue weighted by Gasteiger charge is 2.19. The first kappa shape index (κ1) is 35.9. The summed E-state index contributed by atoms with van der Waals surface area (Å²) in [6.45, 7) is 0. The number of hydrogen-bond donors (Lipinski definition) is 0. The van der Waals surface area contributed by atoms with Crippen molar-refractivity contribution in [1.82, 2.24) is 4.98 Å². The Bertz CT molecular complexity index is 3220. The molecule has 0 atom stereocenters. The average Bonchev–Trinajstić information content (AvgIpc) is 3.80. The molecule has 0 fully saturated rings. The number of nitrogens with zero attached hydrogens (tertiary/aromatic N) is 3. The standard InChI is InChI=1S/C57H39N3O/c1-5-15-40(16-6-1)41-25-32-49(33-26-41)60(47-21-11-4-12-22-47)50-36-29-43(30-37-50)57-58-55-52-38-31-44(39-54(52)51-23-13-14-24-53(51)56(55)61-57)42-27-34-48(35-28-42)59(45-17-7-2-8-18-45)46-19-9-3-10-20-46/h1-39H. The molecule has 11 aromatic rings. The second-order valence-corrected chi connectivity index (χ2v) is 15.2. The second kappa shape index (κ2) is 15.5.